The number of benzene rings is 2. The average molecular weight is 346 g/mol. The van der Waals surface area contributed by atoms with Crippen molar-refractivity contribution in [3.8, 4) is 11.4 Å². The van der Waals surface area contributed by atoms with E-state index in [0.29, 0.717) is 35.3 Å². The van der Waals surface area contributed by atoms with Crippen molar-refractivity contribution >= 4 is 17.5 Å². The first kappa shape index (κ1) is 16.1. The lowest BCUT2D eigenvalue weighted by Gasteiger charge is -2.03. The summed E-state index contributed by atoms with van der Waals surface area (Å²) in [6.45, 7) is 0.332. The third-order valence-electron chi connectivity index (χ3n) is 3.30. The zero-order valence-corrected chi connectivity index (χ0v) is 13.3. The summed E-state index contributed by atoms with van der Waals surface area (Å²) in [7, 11) is 0. The molecule has 1 aromatic heterocycles. The highest BCUT2D eigenvalue weighted by molar-refractivity contribution is 6.30. The van der Waals surface area contributed by atoms with Crippen LogP contribution < -0.4 is 5.32 Å². The molecule has 122 valence electrons. The fourth-order valence-electron chi connectivity index (χ4n) is 2.06. The van der Waals surface area contributed by atoms with Crippen molar-refractivity contribution < 1.29 is 13.7 Å². The fraction of sp³-hybridized carbons (Fsp3) is 0.118. The maximum Gasteiger partial charge on any atom is 0.251 e. The summed E-state index contributed by atoms with van der Waals surface area (Å²) in [5, 5.41) is 7.25. The number of rotatable bonds is 5. The summed E-state index contributed by atoms with van der Waals surface area (Å²) in [5.74, 6) is 0.213. The molecule has 1 amide bonds. The van der Waals surface area contributed by atoms with Crippen LogP contribution in [0.2, 0.25) is 5.02 Å². The predicted octanol–water partition coefficient (Wildman–Crippen LogP) is 3.50. The minimum atomic E-state index is -0.382. The highest BCUT2D eigenvalue weighted by Crippen LogP contribution is 2.18. The van der Waals surface area contributed by atoms with Crippen molar-refractivity contribution in [3.63, 3.8) is 0 Å². The molecule has 0 saturated heterocycles. The van der Waals surface area contributed by atoms with E-state index in [1.165, 1.54) is 24.3 Å². The van der Waals surface area contributed by atoms with Crippen LogP contribution in [-0.4, -0.2) is 22.6 Å². The molecule has 0 aliphatic carbocycles. The zero-order chi connectivity index (χ0) is 16.9. The minimum absolute atomic E-state index is 0.285. The van der Waals surface area contributed by atoms with E-state index in [4.69, 9.17) is 16.1 Å². The summed E-state index contributed by atoms with van der Waals surface area (Å²) in [6, 6.07) is 12.4. The van der Waals surface area contributed by atoms with Crippen LogP contribution in [-0.2, 0) is 6.42 Å². The molecule has 3 aromatic rings. The van der Waals surface area contributed by atoms with E-state index < -0.39 is 0 Å². The van der Waals surface area contributed by atoms with Crippen molar-refractivity contribution in [1.29, 1.82) is 0 Å². The van der Waals surface area contributed by atoms with E-state index in [1.807, 2.05) is 0 Å². The highest BCUT2D eigenvalue weighted by atomic mass is 35.5. The second kappa shape index (κ2) is 7.23. The number of nitrogens with one attached hydrogen (secondary N) is 1. The van der Waals surface area contributed by atoms with Gasteiger partial charge in [0.25, 0.3) is 5.91 Å². The molecule has 0 spiro atoms. The summed E-state index contributed by atoms with van der Waals surface area (Å²) in [4.78, 5) is 16.2. The zero-order valence-electron chi connectivity index (χ0n) is 12.5. The Morgan fingerprint density at radius 1 is 1.12 bits per heavy atom. The summed E-state index contributed by atoms with van der Waals surface area (Å²) < 4.78 is 18.0. The maximum atomic E-state index is 12.8. The molecule has 0 unspecified atom stereocenters. The van der Waals surface area contributed by atoms with Crippen LogP contribution in [0.3, 0.4) is 0 Å². The molecule has 7 heteroatoms. The third kappa shape index (κ3) is 3.97. The van der Waals surface area contributed by atoms with Gasteiger partial charge in [-0.2, -0.15) is 4.98 Å². The van der Waals surface area contributed by atoms with Gasteiger partial charge in [-0.05, 0) is 48.5 Å². The van der Waals surface area contributed by atoms with Gasteiger partial charge in [0.2, 0.25) is 11.7 Å². The number of nitrogens with zero attached hydrogens (tertiary/aromatic N) is 2. The third-order valence-corrected chi connectivity index (χ3v) is 3.55. The van der Waals surface area contributed by atoms with Gasteiger partial charge in [-0.25, -0.2) is 4.39 Å². The minimum Gasteiger partial charge on any atom is -0.352 e. The van der Waals surface area contributed by atoms with Crippen molar-refractivity contribution in [2.45, 2.75) is 6.42 Å². The topological polar surface area (TPSA) is 68.0 Å². The van der Waals surface area contributed by atoms with Crippen LogP contribution in [0.1, 0.15) is 16.2 Å². The Morgan fingerprint density at radius 2 is 1.83 bits per heavy atom. The Bertz CT molecular complexity index is 832. The summed E-state index contributed by atoms with van der Waals surface area (Å²) in [5.41, 5.74) is 1.19. The fourth-order valence-corrected chi connectivity index (χ4v) is 2.18. The predicted molar refractivity (Wildman–Crippen MR) is 87.2 cm³/mol. The van der Waals surface area contributed by atoms with Crippen LogP contribution in [0.5, 0.6) is 0 Å². The monoisotopic (exact) mass is 345 g/mol. The molecule has 0 aliphatic rings. The molecule has 0 aliphatic heterocycles. The molecular formula is C17H13ClFN3O2. The number of amides is 1. The Kier molecular flexibility index (Phi) is 4.86. The van der Waals surface area contributed by atoms with E-state index >= 15 is 0 Å². The first-order valence-electron chi connectivity index (χ1n) is 7.24. The Labute approximate surface area is 142 Å². The molecule has 0 saturated carbocycles. The summed E-state index contributed by atoms with van der Waals surface area (Å²) >= 11 is 5.84. The summed E-state index contributed by atoms with van der Waals surface area (Å²) in [6.07, 6.45) is 0.396. The Morgan fingerprint density at radius 3 is 2.54 bits per heavy atom. The second-order valence-electron chi connectivity index (χ2n) is 5.03. The molecule has 0 radical (unpaired) electrons. The molecule has 5 nitrogen and oxygen atoms in total. The van der Waals surface area contributed by atoms with E-state index in [1.54, 1.807) is 24.3 Å². The van der Waals surface area contributed by atoms with Gasteiger partial charge in [-0.15, -0.1) is 0 Å². The van der Waals surface area contributed by atoms with Crippen molar-refractivity contribution in [2.75, 3.05) is 6.54 Å². The van der Waals surface area contributed by atoms with Gasteiger partial charge >= 0.3 is 0 Å². The molecule has 0 atom stereocenters. The van der Waals surface area contributed by atoms with Gasteiger partial charge in [0, 0.05) is 29.1 Å². The number of aromatic nitrogens is 2. The van der Waals surface area contributed by atoms with Crippen LogP contribution >= 0.6 is 11.6 Å². The van der Waals surface area contributed by atoms with Gasteiger partial charge in [-0.1, -0.05) is 16.8 Å². The average Bonchev–Trinajstić information content (AvgIpc) is 3.05. The van der Waals surface area contributed by atoms with Crippen LogP contribution in [0, 0.1) is 5.82 Å². The molecule has 0 bridgehead atoms. The highest BCUT2D eigenvalue weighted by Gasteiger charge is 2.10. The van der Waals surface area contributed by atoms with Crippen LogP contribution in [0.15, 0.2) is 53.1 Å². The Hall–Kier alpha value is -2.73. The smallest absolute Gasteiger partial charge is 0.251 e. The van der Waals surface area contributed by atoms with Crippen molar-refractivity contribution in [3.05, 3.63) is 70.8 Å². The molecule has 1 N–H and O–H groups in total. The normalized spacial score (nSPS) is 10.6. The standard InChI is InChI=1S/C17H13ClFN3O2/c18-13-5-1-11(2-6-13)16-21-15(24-22-16)9-10-20-17(23)12-3-7-14(19)8-4-12/h1-8H,9-10H2,(H,20,23). The van der Waals surface area contributed by atoms with Gasteiger partial charge in [-0.3, -0.25) is 4.79 Å². The lowest BCUT2D eigenvalue weighted by Crippen LogP contribution is -2.25. The second-order valence-corrected chi connectivity index (χ2v) is 5.47. The van der Waals surface area contributed by atoms with Crippen LogP contribution in [0.25, 0.3) is 11.4 Å². The SMILES string of the molecule is O=C(NCCc1nc(-c2ccc(Cl)cc2)no1)c1ccc(F)cc1. The van der Waals surface area contributed by atoms with E-state index in [-0.39, 0.29) is 11.7 Å². The van der Waals surface area contributed by atoms with Crippen LogP contribution in [0.4, 0.5) is 4.39 Å². The molecular weight excluding hydrogens is 333 g/mol. The largest absolute Gasteiger partial charge is 0.352 e. The lowest BCUT2D eigenvalue weighted by atomic mass is 10.2. The number of carbonyl (C=O) groups is 1. The van der Waals surface area contributed by atoms with Crippen molar-refractivity contribution in [2.24, 2.45) is 0 Å². The number of hydrogen-bond donors (Lipinski definition) is 1. The van der Waals surface area contributed by atoms with Gasteiger partial charge in [0.05, 0.1) is 0 Å². The van der Waals surface area contributed by atoms with E-state index in [2.05, 4.69) is 15.5 Å². The van der Waals surface area contributed by atoms with Gasteiger partial charge in [0.1, 0.15) is 5.82 Å². The Balaban J connectivity index is 1.55. The maximum absolute atomic E-state index is 12.8. The first-order valence-corrected chi connectivity index (χ1v) is 7.62. The molecule has 0 fully saturated rings. The quantitative estimate of drug-likeness (QED) is 0.768. The lowest BCUT2D eigenvalue weighted by molar-refractivity contribution is 0.0953. The molecule has 1 heterocycles. The van der Waals surface area contributed by atoms with Gasteiger partial charge < -0.3 is 9.84 Å². The van der Waals surface area contributed by atoms with E-state index in [0.717, 1.165) is 5.56 Å². The molecule has 2 aromatic carbocycles. The molecule has 24 heavy (non-hydrogen) atoms. The van der Waals surface area contributed by atoms with Gasteiger partial charge in [0.15, 0.2) is 0 Å². The number of hydrogen-bond acceptors (Lipinski definition) is 4. The number of halogens is 2. The first-order chi connectivity index (χ1) is 11.6. The number of carbonyl (C=O) groups excluding carboxylic acids is 1. The van der Waals surface area contributed by atoms with E-state index in [9.17, 15) is 9.18 Å². The molecule has 3 rings (SSSR count). The van der Waals surface area contributed by atoms with Crippen molar-refractivity contribution in [1.82, 2.24) is 15.5 Å².